The number of rotatable bonds is 1. The molecule has 1 heterocycles. The fraction of sp³-hybridized carbons (Fsp3) is 0.133. The predicted octanol–water partition coefficient (Wildman–Crippen LogP) is 3.40. The Bertz CT molecular complexity index is 413. The molecule has 3 heteroatoms. The minimum absolute atomic E-state index is 0. The molecule has 0 N–H and O–H groups in total. The minimum Gasteiger partial charge on any atom is -0.482 e. The Labute approximate surface area is 118 Å². The zero-order valence-corrected chi connectivity index (χ0v) is 11.1. The van der Waals surface area contributed by atoms with Crippen LogP contribution in [0.1, 0.15) is 0 Å². The van der Waals surface area contributed by atoms with Crippen molar-refractivity contribution in [1.82, 2.24) is 0 Å². The van der Waals surface area contributed by atoms with E-state index in [4.69, 9.17) is 0 Å². The summed E-state index contributed by atoms with van der Waals surface area (Å²) in [5, 5.41) is 0. The van der Waals surface area contributed by atoms with E-state index in [1.165, 1.54) is 17.5 Å². The first-order valence-corrected chi connectivity index (χ1v) is 5.67. The SMILES string of the molecule is C1=NCCO1.[Fe].c1ccc(-c2ccccc2)cc1. The Morgan fingerprint density at radius 2 is 1.28 bits per heavy atom. The molecule has 2 nitrogen and oxygen atoms in total. The van der Waals surface area contributed by atoms with Crippen molar-refractivity contribution in [2.45, 2.75) is 0 Å². The van der Waals surface area contributed by atoms with Crippen molar-refractivity contribution < 1.29 is 21.8 Å². The molecular formula is C15H15FeNO. The Kier molecular flexibility index (Phi) is 6.85. The van der Waals surface area contributed by atoms with Gasteiger partial charge < -0.3 is 4.74 Å². The Morgan fingerprint density at radius 3 is 1.56 bits per heavy atom. The predicted molar refractivity (Wildman–Crippen MR) is 71.2 cm³/mol. The van der Waals surface area contributed by atoms with Gasteiger partial charge in [-0.25, -0.2) is 0 Å². The molecule has 18 heavy (non-hydrogen) atoms. The molecule has 0 atom stereocenters. The van der Waals surface area contributed by atoms with Gasteiger partial charge in [0.2, 0.25) is 0 Å². The second-order valence-corrected chi connectivity index (χ2v) is 3.61. The summed E-state index contributed by atoms with van der Waals surface area (Å²) in [4.78, 5) is 3.74. The van der Waals surface area contributed by atoms with Gasteiger partial charge in [-0.15, -0.1) is 0 Å². The molecule has 0 saturated carbocycles. The van der Waals surface area contributed by atoms with E-state index in [1.807, 2.05) is 12.1 Å². The van der Waals surface area contributed by atoms with E-state index < -0.39 is 0 Å². The number of hydrogen-bond donors (Lipinski definition) is 0. The number of hydrogen-bond acceptors (Lipinski definition) is 2. The topological polar surface area (TPSA) is 21.6 Å². The van der Waals surface area contributed by atoms with Crippen LogP contribution in [-0.4, -0.2) is 19.6 Å². The van der Waals surface area contributed by atoms with Gasteiger partial charge >= 0.3 is 0 Å². The van der Waals surface area contributed by atoms with Gasteiger partial charge in [0.1, 0.15) is 6.61 Å². The molecule has 1 aliphatic rings. The maximum absolute atomic E-state index is 4.65. The van der Waals surface area contributed by atoms with E-state index in [0.29, 0.717) is 0 Å². The molecule has 1 aliphatic heterocycles. The van der Waals surface area contributed by atoms with E-state index in [-0.39, 0.29) is 17.1 Å². The van der Waals surface area contributed by atoms with E-state index in [2.05, 4.69) is 58.3 Å². The van der Waals surface area contributed by atoms with Crippen LogP contribution in [0.2, 0.25) is 0 Å². The first kappa shape index (κ1) is 14.5. The third-order valence-corrected chi connectivity index (χ3v) is 2.37. The average molecular weight is 281 g/mol. The largest absolute Gasteiger partial charge is 0.482 e. The Morgan fingerprint density at radius 1 is 0.778 bits per heavy atom. The van der Waals surface area contributed by atoms with Crippen LogP contribution in [0.25, 0.3) is 11.1 Å². The molecule has 0 aromatic heterocycles. The van der Waals surface area contributed by atoms with Crippen LogP contribution in [0.4, 0.5) is 0 Å². The summed E-state index contributed by atoms with van der Waals surface area (Å²) in [5.41, 5.74) is 2.55. The molecule has 0 radical (unpaired) electrons. The normalized spacial score (nSPS) is 11.8. The molecular weight excluding hydrogens is 266 g/mol. The van der Waals surface area contributed by atoms with Crippen molar-refractivity contribution in [3.8, 4) is 11.1 Å². The van der Waals surface area contributed by atoms with Gasteiger partial charge in [-0.1, -0.05) is 60.7 Å². The van der Waals surface area contributed by atoms with Crippen LogP contribution >= 0.6 is 0 Å². The maximum Gasteiger partial charge on any atom is 0.169 e. The fourth-order valence-corrected chi connectivity index (χ4v) is 1.52. The number of nitrogens with zero attached hydrogens (tertiary/aromatic N) is 1. The zero-order valence-electron chi connectivity index (χ0n) is 9.97. The molecule has 0 amide bonds. The number of benzene rings is 2. The van der Waals surface area contributed by atoms with Crippen LogP contribution in [0, 0.1) is 0 Å². The monoisotopic (exact) mass is 281 g/mol. The van der Waals surface area contributed by atoms with E-state index in [9.17, 15) is 0 Å². The molecule has 94 valence electrons. The van der Waals surface area contributed by atoms with Crippen molar-refractivity contribution in [2.24, 2.45) is 4.99 Å². The van der Waals surface area contributed by atoms with Crippen molar-refractivity contribution in [1.29, 1.82) is 0 Å². The molecule has 0 aliphatic carbocycles. The quantitative estimate of drug-likeness (QED) is 0.734. The van der Waals surface area contributed by atoms with Gasteiger partial charge in [-0.05, 0) is 11.1 Å². The van der Waals surface area contributed by atoms with Gasteiger partial charge in [0.15, 0.2) is 6.40 Å². The van der Waals surface area contributed by atoms with Gasteiger partial charge in [0.05, 0.1) is 6.54 Å². The van der Waals surface area contributed by atoms with Crippen LogP contribution < -0.4 is 0 Å². The van der Waals surface area contributed by atoms with E-state index in [1.54, 1.807) is 0 Å². The molecule has 0 fully saturated rings. The van der Waals surface area contributed by atoms with Crippen molar-refractivity contribution in [3.63, 3.8) is 0 Å². The molecule has 0 spiro atoms. The Balaban J connectivity index is 0.000000230. The van der Waals surface area contributed by atoms with Gasteiger partial charge in [-0.2, -0.15) is 0 Å². The summed E-state index contributed by atoms with van der Waals surface area (Å²) in [7, 11) is 0. The molecule has 0 saturated heterocycles. The molecule has 0 bridgehead atoms. The summed E-state index contributed by atoms with van der Waals surface area (Å²) in [6, 6.07) is 20.8. The Hall–Kier alpha value is -1.57. The second kappa shape index (κ2) is 8.51. The van der Waals surface area contributed by atoms with Crippen molar-refractivity contribution in [2.75, 3.05) is 13.2 Å². The summed E-state index contributed by atoms with van der Waals surface area (Å²) < 4.78 is 4.65. The smallest absolute Gasteiger partial charge is 0.169 e. The third kappa shape index (κ3) is 4.74. The maximum atomic E-state index is 4.65. The van der Waals surface area contributed by atoms with Gasteiger partial charge in [0.25, 0.3) is 0 Å². The average Bonchev–Trinajstić information content (AvgIpc) is 3.00. The van der Waals surface area contributed by atoms with Crippen LogP contribution in [0.15, 0.2) is 65.7 Å². The standard InChI is InChI=1S/C12H10.C3H5NO.Fe/c1-3-7-11(8-4-1)12-9-5-2-6-10-12;1-2-5-3-4-1;/h1-10H;3H,1-2H2;. The van der Waals surface area contributed by atoms with Crippen LogP contribution in [0.3, 0.4) is 0 Å². The van der Waals surface area contributed by atoms with Crippen molar-refractivity contribution in [3.05, 3.63) is 60.7 Å². The van der Waals surface area contributed by atoms with Gasteiger partial charge in [-0.3, -0.25) is 4.99 Å². The number of ether oxygens (including phenoxy) is 1. The fourth-order valence-electron chi connectivity index (χ4n) is 1.52. The summed E-state index contributed by atoms with van der Waals surface area (Å²) in [6.45, 7) is 1.62. The first-order valence-electron chi connectivity index (χ1n) is 5.67. The first-order chi connectivity index (χ1) is 8.47. The zero-order chi connectivity index (χ0) is 11.8. The molecule has 3 rings (SSSR count). The van der Waals surface area contributed by atoms with Crippen LogP contribution in [0.5, 0.6) is 0 Å². The summed E-state index contributed by atoms with van der Waals surface area (Å²) >= 11 is 0. The van der Waals surface area contributed by atoms with Crippen molar-refractivity contribution >= 4 is 6.40 Å². The second-order valence-electron chi connectivity index (χ2n) is 3.61. The van der Waals surface area contributed by atoms with Crippen LogP contribution in [-0.2, 0) is 21.8 Å². The van der Waals surface area contributed by atoms with E-state index >= 15 is 0 Å². The van der Waals surface area contributed by atoms with E-state index in [0.717, 1.165) is 13.2 Å². The van der Waals surface area contributed by atoms with Gasteiger partial charge in [0, 0.05) is 17.1 Å². The minimum atomic E-state index is 0. The molecule has 0 unspecified atom stereocenters. The third-order valence-electron chi connectivity index (χ3n) is 2.37. The molecule has 2 aromatic carbocycles. The summed E-state index contributed by atoms with van der Waals surface area (Å²) in [5.74, 6) is 0. The number of aliphatic imine (C=N–C) groups is 1. The molecule has 2 aromatic rings. The summed E-state index contributed by atoms with van der Waals surface area (Å²) in [6.07, 6.45) is 1.49.